The third kappa shape index (κ3) is 3.35. The molecule has 104 valence electrons. The molecule has 0 bridgehead atoms. The Morgan fingerprint density at radius 2 is 1.95 bits per heavy atom. The van der Waals surface area contributed by atoms with E-state index in [1.807, 2.05) is 37.3 Å². The number of nitrogens with zero attached hydrogens (tertiary/aromatic N) is 2. The maximum atomic E-state index is 12.3. The van der Waals surface area contributed by atoms with Gasteiger partial charge in [-0.25, -0.2) is 0 Å². The fourth-order valence-corrected chi connectivity index (χ4v) is 1.96. The zero-order chi connectivity index (χ0) is 14.5. The Bertz CT molecular complexity index is 567. The Kier molecular flexibility index (Phi) is 4.35. The first kappa shape index (κ1) is 14.1. The monoisotopic (exact) mass is 270 g/mol. The predicted octanol–water partition coefficient (Wildman–Crippen LogP) is 2.49. The van der Waals surface area contributed by atoms with Crippen molar-refractivity contribution in [3.8, 4) is 5.75 Å². The number of aromatic nitrogens is 1. The molecule has 0 aliphatic carbocycles. The molecule has 2 aromatic rings. The average molecular weight is 270 g/mol. The normalized spacial score (nSPS) is 11.9. The van der Waals surface area contributed by atoms with Gasteiger partial charge in [0.25, 0.3) is 5.91 Å². The largest absolute Gasteiger partial charge is 0.506 e. The summed E-state index contributed by atoms with van der Waals surface area (Å²) in [5.74, 6) is 0.145. The van der Waals surface area contributed by atoms with Crippen LogP contribution in [0.2, 0.25) is 0 Å². The number of amides is 1. The van der Waals surface area contributed by atoms with Crippen molar-refractivity contribution in [3.05, 3.63) is 59.9 Å². The van der Waals surface area contributed by atoms with E-state index in [-0.39, 0.29) is 17.7 Å². The minimum Gasteiger partial charge on any atom is -0.506 e. The molecule has 0 saturated heterocycles. The minimum atomic E-state index is -0.00289. The summed E-state index contributed by atoms with van der Waals surface area (Å²) in [5.41, 5.74) is 1.53. The number of carbonyl (C=O) groups excluding carboxylic acids is 1. The molecule has 2 rings (SSSR count). The number of rotatable bonds is 4. The molecule has 1 aromatic heterocycles. The van der Waals surface area contributed by atoms with Crippen LogP contribution in [0.4, 0.5) is 0 Å². The maximum absolute atomic E-state index is 12.3. The van der Waals surface area contributed by atoms with E-state index in [1.165, 1.54) is 6.20 Å². The van der Waals surface area contributed by atoms with Gasteiger partial charge >= 0.3 is 0 Å². The minimum absolute atomic E-state index is 0.00289. The molecular weight excluding hydrogens is 252 g/mol. The quantitative estimate of drug-likeness (QED) is 0.928. The lowest BCUT2D eigenvalue weighted by molar-refractivity contribution is 0.0743. The van der Waals surface area contributed by atoms with E-state index < -0.39 is 0 Å². The van der Waals surface area contributed by atoms with E-state index in [9.17, 15) is 9.90 Å². The summed E-state index contributed by atoms with van der Waals surface area (Å²) in [7, 11) is 1.79. The van der Waals surface area contributed by atoms with Crippen LogP contribution in [0.5, 0.6) is 5.75 Å². The highest BCUT2D eigenvalue weighted by atomic mass is 16.3. The SMILES string of the molecule is CC(Cc1ccc(O)cn1)N(C)C(=O)c1ccccc1. The van der Waals surface area contributed by atoms with Crippen molar-refractivity contribution in [3.63, 3.8) is 0 Å². The lowest BCUT2D eigenvalue weighted by atomic mass is 10.1. The van der Waals surface area contributed by atoms with Crippen LogP contribution in [-0.4, -0.2) is 34.0 Å². The number of hydrogen-bond acceptors (Lipinski definition) is 3. The lowest BCUT2D eigenvalue weighted by Gasteiger charge is -2.24. The molecule has 1 aromatic carbocycles. The Labute approximate surface area is 118 Å². The van der Waals surface area contributed by atoms with Crippen LogP contribution < -0.4 is 0 Å². The standard InChI is InChI=1S/C16H18N2O2/c1-12(10-14-8-9-15(19)11-17-14)18(2)16(20)13-6-4-3-5-7-13/h3-9,11-12,19H,10H2,1-2H3. The third-order valence-electron chi connectivity index (χ3n) is 3.32. The number of hydrogen-bond donors (Lipinski definition) is 1. The van der Waals surface area contributed by atoms with Gasteiger partial charge in [0.2, 0.25) is 0 Å². The first-order valence-corrected chi connectivity index (χ1v) is 6.54. The second-order valence-electron chi connectivity index (χ2n) is 4.84. The number of likely N-dealkylation sites (N-methyl/N-ethyl adjacent to an activating group) is 1. The van der Waals surface area contributed by atoms with Crippen molar-refractivity contribution in [2.24, 2.45) is 0 Å². The van der Waals surface area contributed by atoms with Gasteiger partial charge in [0, 0.05) is 30.8 Å². The summed E-state index contributed by atoms with van der Waals surface area (Å²) in [6, 6.07) is 12.6. The van der Waals surface area contributed by atoms with Crippen molar-refractivity contribution in [1.82, 2.24) is 9.88 Å². The van der Waals surface area contributed by atoms with Crippen LogP contribution in [-0.2, 0) is 6.42 Å². The van der Waals surface area contributed by atoms with Gasteiger partial charge in [-0.05, 0) is 31.2 Å². The van der Waals surface area contributed by atoms with E-state index in [1.54, 1.807) is 24.1 Å². The van der Waals surface area contributed by atoms with Crippen LogP contribution in [0.1, 0.15) is 23.0 Å². The Balaban J connectivity index is 2.03. The van der Waals surface area contributed by atoms with Crippen molar-refractivity contribution in [2.45, 2.75) is 19.4 Å². The summed E-state index contributed by atoms with van der Waals surface area (Å²) in [6.45, 7) is 1.98. The molecular formula is C16H18N2O2. The predicted molar refractivity (Wildman–Crippen MR) is 77.6 cm³/mol. The van der Waals surface area contributed by atoms with Gasteiger partial charge in [0.05, 0.1) is 6.20 Å². The van der Waals surface area contributed by atoms with Crippen LogP contribution in [0.25, 0.3) is 0 Å². The highest BCUT2D eigenvalue weighted by Crippen LogP contribution is 2.12. The lowest BCUT2D eigenvalue weighted by Crippen LogP contribution is -2.36. The molecule has 4 heteroatoms. The van der Waals surface area contributed by atoms with E-state index in [2.05, 4.69) is 4.98 Å². The van der Waals surface area contributed by atoms with E-state index >= 15 is 0 Å². The Morgan fingerprint density at radius 3 is 2.55 bits per heavy atom. The maximum Gasteiger partial charge on any atom is 0.253 e. The van der Waals surface area contributed by atoms with Crippen molar-refractivity contribution >= 4 is 5.91 Å². The molecule has 1 heterocycles. The van der Waals surface area contributed by atoms with Gasteiger partial charge in [-0.3, -0.25) is 9.78 Å². The molecule has 1 atom stereocenters. The zero-order valence-corrected chi connectivity index (χ0v) is 11.7. The summed E-state index contributed by atoms with van der Waals surface area (Å²) >= 11 is 0. The number of benzene rings is 1. The fraction of sp³-hybridized carbons (Fsp3) is 0.250. The van der Waals surface area contributed by atoms with Gasteiger partial charge in [-0.2, -0.15) is 0 Å². The van der Waals surface area contributed by atoms with Crippen molar-refractivity contribution in [1.29, 1.82) is 0 Å². The molecule has 1 amide bonds. The van der Waals surface area contributed by atoms with E-state index in [4.69, 9.17) is 0 Å². The molecule has 0 saturated carbocycles. The van der Waals surface area contributed by atoms with Crippen LogP contribution in [0.3, 0.4) is 0 Å². The molecule has 0 spiro atoms. The van der Waals surface area contributed by atoms with Crippen LogP contribution in [0, 0.1) is 0 Å². The highest BCUT2D eigenvalue weighted by molar-refractivity contribution is 5.94. The smallest absolute Gasteiger partial charge is 0.253 e. The summed E-state index contributed by atoms with van der Waals surface area (Å²) in [4.78, 5) is 18.2. The van der Waals surface area contributed by atoms with Gasteiger partial charge in [0.1, 0.15) is 5.75 Å². The van der Waals surface area contributed by atoms with Gasteiger partial charge in [0.15, 0.2) is 0 Å². The second kappa shape index (κ2) is 6.19. The molecule has 0 aliphatic rings. The highest BCUT2D eigenvalue weighted by Gasteiger charge is 2.17. The van der Waals surface area contributed by atoms with Crippen LogP contribution >= 0.6 is 0 Å². The first-order valence-electron chi connectivity index (χ1n) is 6.54. The number of carbonyl (C=O) groups is 1. The number of pyridine rings is 1. The van der Waals surface area contributed by atoms with Crippen molar-refractivity contribution in [2.75, 3.05) is 7.05 Å². The fourth-order valence-electron chi connectivity index (χ4n) is 1.96. The second-order valence-corrected chi connectivity index (χ2v) is 4.84. The van der Waals surface area contributed by atoms with E-state index in [0.717, 1.165) is 5.69 Å². The zero-order valence-electron chi connectivity index (χ0n) is 11.7. The molecule has 0 radical (unpaired) electrons. The van der Waals surface area contributed by atoms with Gasteiger partial charge < -0.3 is 10.0 Å². The Hall–Kier alpha value is -2.36. The Morgan fingerprint density at radius 1 is 1.25 bits per heavy atom. The number of aromatic hydroxyl groups is 1. The molecule has 1 N–H and O–H groups in total. The van der Waals surface area contributed by atoms with Gasteiger partial charge in [-0.15, -0.1) is 0 Å². The molecule has 1 unspecified atom stereocenters. The van der Waals surface area contributed by atoms with Crippen LogP contribution in [0.15, 0.2) is 48.7 Å². The summed E-state index contributed by atoms with van der Waals surface area (Å²) < 4.78 is 0. The average Bonchev–Trinajstić information content (AvgIpc) is 2.49. The third-order valence-corrected chi connectivity index (χ3v) is 3.32. The van der Waals surface area contributed by atoms with E-state index in [0.29, 0.717) is 12.0 Å². The molecule has 0 fully saturated rings. The molecule has 20 heavy (non-hydrogen) atoms. The first-order chi connectivity index (χ1) is 9.58. The van der Waals surface area contributed by atoms with Crippen molar-refractivity contribution < 1.29 is 9.90 Å². The summed E-state index contributed by atoms with van der Waals surface area (Å²) in [5, 5.41) is 9.21. The molecule has 0 aliphatic heterocycles. The molecule has 4 nitrogen and oxygen atoms in total. The summed E-state index contributed by atoms with van der Waals surface area (Å²) in [6.07, 6.45) is 2.07. The van der Waals surface area contributed by atoms with Gasteiger partial charge in [-0.1, -0.05) is 18.2 Å². The topological polar surface area (TPSA) is 53.4 Å².